The Labute approximate surface area is 106 Å². The van der Waals surface area contributed by atoms with Gasteiger partial charge in [-0.15, -0.1) is 0 Å². The van der Waals surface area contributed by atoms with E-state index in [1.807, 2.05) is 6.92 Å². The number of carbonyl (C=O) groups is 1. The van der Waals surface area contributed by atoms with E-state index in [4.69, 9.17) is 14.3 Å². The van der Waals surface area contributed by atoms with Crippen LogP contribution in [-0.2, 0) is 11.3 Å². The Hall–Kier alpha value is -1.33. The minimum Gasteiger partial charge on any atom is -0.478 e. The van der Waals surface area contributed by atoms with E-state index < -0.39 is 5.97 Å². The van der Waals surface area contributed by atoms with Crippen LogP contribution < -0.4 is 0 Å². The van der Waals surface area contributed by atoms with Crippen molar-refractivity contribution >= 4 is 5.97 Å². The molecule has 1 aliphatic heterocycles. The Kier molecular flexibility index (Phi) is 4.38. The number of nitrogens with zero attached hydrogens (tertiary/aromatic N) is 1. The summed E-state index contributed by atoms with van der Waals surface area (Å²) in [5.41, 5.74) is 0.258. The first-order valence-corrected chi connectivity index (χ1v) is 6.34. The topological polar surface area (TPSA) is 62.9 Å². The summed E-state index contributed by atoms with van der Waals surface area (Å²) in [5.74, 6) is -0.406. The molecule has 1 aromatic heterocycles. The summed E-state index contributed by atoms with van der Waals surface area (Å²) >= 11 is 0. The summed E-state index contributed by atoms with van der Waals surface area (Å²) in [6.45, 7) is 5.06. The molecule has 2 rings (SSSR count). The van der Waals surface area contributed by atoms with Gasteiger partial charge in [0.2, 0.25) is 0 Å². The van der Waals surface area contributed by atoms with Gasteiger partial charge in [0.15, 0.2) is 0 Å². The van der Waals surface area contributed by atoms with Gasteiger partial charge in [-0.1, -0.05) is 0 Å². The van der Waals surface area contributed by atoms with Gasteiger partial charge in [-0.3, -0.25) is 4.90 Å². The first-order valence-electron chi connectivity index (χ1n) is 6.34. The Morgan fingerprint density at radius 1 is 1.67 bits per heavy atom. The van der Waals surface area contributed by atoms with Gasteiger partial charge in [0.25, 0.3) is 0 Å². The zero-order valence-electron chi connectivity index (χ0n) is 10.6. The number of carboxylic acids is 1. The first kappa shape index (κ1) is 13.1. The van der Waals surface area contributed by atoms with Crippen LogP contribution >= 0.6 is 0 Å². The highest BCUT2D eigenvalue weighted by molar-refractivity contribution is 5.88. The number of ether oxygens (including phenoxy) is 1. The van der Waals surface area contributed by atoms with Crippen molar-refractivity contribution in [1.82, 2.24) is 4.90 Å². The summed E-state index contributed by atoms with van der Waals surface area (Å²) in [7, 11) is 0. The lowest BCUT2D eigenvalue weighted by molar-refractivity contribution is 0.00190. The molecule has 2 heterocycles. The Balaban J connectivity index is 1.96. The van der Waals surface area contributed by atoms with Gasteiger partial charge < -0.3 is 14.3 Å². The maximum Gasteiger partial charge on any atom is 0.339 e. The zero-order chi connectivity index (χ0) is 13.0. The smallest absolute Gasteiger partial charge is 0.339 e. The van der Waals surface area contributed by atoms with E-state index in [9.17, 15) is 4.79 Å². The van der Waals surface area contributed by atoms with E-state index in [2.05, 4.69) is 4.90 Å². The molecule has 5 heteroatoms. The molecule has 1 fully saturated rings. The van der Waals surface area contributed by atoms with E-state index in [1.165, 1.54) is 12.3 Å². The van der Waals surface area contributed by atoms with Crippen LogP contribution in [0.5, 0.6) is 0 Å². The molecule has 100 valence electrons. The molecule has 0 radical (unpaired) electrons. The lowest BCUT2D eigenvalue weighted by atomic mass is 10.1. The number of aromatic carboxylic acids is 1. The molecular weight excluding hydrogens is 234 g/mol. The van der Waals surface area contributed by atoms with Crippen LogP contribution in [0, 0.1) is 0 Å². The van der Waals surface area contributed by atoms with E-state index in [0.717, 1.165) is 32.5 Å². The lowest BCUT2D eigenvalue weighted by Crippen LogP contribution is -2.39. The molecule has 1 saturated heterocycles. The number of likely N-dealkylation sites (tertiary alicyclic amines) is 1. The Bertz CT molecular complexity index is 399. The maximum atomic E-state index is 11.0. The van der Waals surface area contributed by atoms with Gasteiger partial charge in [0, 0.05) is 13.2 Å². The number of furan rings is 1. The second-order valence-electron chi connectivity index (χ2n) is 4.52. The summed E-state index contributed by atoms with van der Waals surface area (Å²) in [5, 5.41) is 9.02. The molecular formula is C13H19NO4. The third-order valence-corrected chi connectivity index (χ3v) is 3.21. The van der Waals surface area contributed by atoms with Crippen LogP contribution in [0.25, 0.3) is 0 Å². The van der Waals surface area contributed by atoms with Crippen LogP contribution in [0.3, 0.4) is 0 Å². The van der Waals surface area contributed by atoms with Crippen molar-refractivity contribution < 1.29 is 19.1 Å². The first-order chi connectivity index (χ1) is 8.70. The minimum absolute atomic E-state index is 0.256. The van der Waals surface area contributed by atoms with Crippen LogP contribution in [-0.4, -0.2) is 41.8 Å². The third-order valence-electron chi connectivity index (χ3n) is 3.21. The number of hydrogen-bond donors (Lipinski definition) is 1. The van der Waals surface area contributed by atoms with Crippen molar-refractivity contribution in [1.29, 1.82) is 0 Å². The van der Waals surface area contributed by atoms with E-state index in [1.54, 1.807) is 0 Å². The van der Waals surface area contributed by atoms with Crippen LogP contribution in [0.1, 0.15) is 35.9 Å². The molecule has 18 heavy (non-hydrogen) atoms. The van der Waals surface area contributed by atoms with E-state index >= 15 is 0 Å². The SMILES string of the molecule is CCOC1CCCN(Cc2occc2C(=O)O)C1. The predicted molar refractivity (Wildman–Crippen MR) is 65.6 cm³/mol. The molecule has 1 unspecified atom stereocenters. The average molecular weight is 253 g/mol. The van der Waals surface area contributed by atoms with Gasteiger partial charge in [0.05, 0.1) is 18.9 Å². The monoisotopic (exact) mass is 253 g/mol. The van der Waals surface area contributed by atoms with Gasteiger partial charge in [-0.25, -0.2) is 4.79 Å². The number of piperidine rings is 1. The van der Waals surface area contributed by atoms with Gasteiger partial charge in [-0.05, 0) is 32.4 Å². The summed E-state index contributed by atoms with van der Waals surface area (Å²) in [6, 6.07) is 1.50. The quantitative estimate of drug-likeness (QED) is 0.869. The highest BCUT2D eigenvalue weighted by Gasteiger charge is 2.23. The standard InChI is InChI=1S/C13H19NO4/c1-2-17-10-4-3-6-14(8-10)9-12-11(13(15)16)5-7-18-12/h5,7,10H,2-4,6,8-9H2,1H3,(H,15,16). The van der Waals surface area contributed by atoms with Crippen LogP contribution in [0.15, 0.2) is 16.7 Å². The summed E-state index contributed by atoms with van der Waals surface area (Å²) < 4.78 is 10.9. The average Bonchev–Trinajstić information content (AvgIpc) is 2.78. The fraction of sp³-hybridized carbons (Fsp3) is 0.615. The fourth-order valence-corrected chi connectivity index (χ4v) is 2.39. The maximum absolute atomic E-state index is 11.0. The molecule has 0 amide bonds. The van der Waals surface area contributed by atoms with Crippen molar-refractivity contribution in [2.75, 3.05) is 19.7 Å². The predicted octanol–water partition coefficient (Wildman–Crippen LogP) is 1.98. The highest BCUT2D eigenvalue weighted by Crippen LogP contribution is 2.18. The highest BCUT2D eigenvalue weighted by atomic mass is 16.5. The summed E-state index contributed by atoms with van der Waals surface area (Å²) in [4.78, 5) is 13.2. The molecule has 5 nitrogen and oxygen atoms in total. The van der Waals surface area contributed by atoms with Crippen LogP contribution in [0.2, 0.25) is 0 Å². The van der Waals surface area contributed by atoms with Crippen LogP contribution in [0.4, 0.5) is 0 Å². The summed E-state index contributed by atoms with van der Waals surface area (Å²) in [6.07, 6.45) is 3.84. The fourth-order valence-electron chi connectivity index (χ4n) is 2.39. The number of hydrogen-bond acceptors (Lipinski definition) is 4. The van der Waals surface area contributed by atoms with Gasteiger partial charge in [0.1, 0.15) is 11.3 Å². The lowest BCUT2D eigenvalue weighted by Gasteiger charge is -2.31. The van der Waals surface area contributed by atoms with E-state index in [-0.39, 0.29) is 11.7 Å². The minimum atomic E-state index is -0.933. The second-order valence-corrected chi connectivity index (χ2v) is 4.52. The van der Waals surface area contributed by atoms with Crippen molar-refractivity contribution in [3.63, 3.8) is 0 Å². The van der Waals surface area contributed by atoms with Crippen molar-refractivity contribution in [3.8, 4) is 0 Å². The van der Waals surface area contributed by atoms with E-state index in [0.29, 0.717) is 12.3 Å². The van der Waals surface area contributed by atoms with Crippen molar-refractivity contribution in [2.45, 2.75) is 32.4 Å². The molecule has 0 bridgehead atoms. The molecule has 1 aromatic rings. The Morgan fingerprint density at radius 3 is 3.22 bits per heavy atom. The largest absolute Gasteiger partial charge is 0.478 e. The normalized spacial score (nSPS) is 21.1. The molecule has 0 saturated carbocycles. The van der Waals surface area contributed by atoms with Crippen molar-refractivity contribution in [3.05, 3.63) is 23.7 Å². The third kappa shape index (κ3) is 3.11. The molecule has 1 aliphatic rings. The number of carboxylic acid groups (broad SMARTS) is 1. The van der Waals surface area contributed by atoms with Gasteiger partial charge >= 0.3 is 5.97 Å². The Morgan fingerprint density at radius 2 is 2.50 bits per heavy atom. The molecule has 1 atom stereocenters. The molecule has 0 aliphatic carbocycles. The number of rotatable bonds is 5. The molecule has 0 spiro atoms. The zero-order valence-corrected chi connectivity index (χ0v) is 10.6. The molecule has 0 aromatic carbocycles. The van der Waals surface area contributed by atoms with Gasteiger partial charge in [-0.2, -0.15) is 0 Å². The van der Waals surface area contributed by atoms with Crippen molar-refractivity contribution in [2.24, 2.45) is 0 Å². The molecule has 1 N–H and O–H groups in total. The second kappa shape index (κ2) is 6.02.